The van der Waals surface area contributed by atoms with Gasteiger partial charge in [-0.05, 0) is 30.4 Å². The van der Waals surface area contributed by atoms with Crippen molar-refractivity contribution in [2.75, 3.05) is 6.61 Å². The molecule has 0 unspecified atom stereocenters. The molecule has 1 aromatic heterocycles. The van der Waals surface area contributed by atoms with Gasteiger partial charge in [0.05, 0.1) is 25.1 Å². The van der Waals surface area contributed by atoms with E-state index in [-0.39, 0.29) is 24.7 Å². The van der Waals surface area contributed by atoms with Gasteiger partial charge in [0.25, 0.3) is 0 Å². The molecule has 2 aliphatic carbocycles. The summed E-state index contributed by atoms with van der Waals surface area (Å²) in [6.07, 6.45) is -5.18. The van der Waals surface area contributed by atoms with Crippen LogP contribution in [0.15, 0.2) is 34.3 Å². The van der Waals surface area contributed by atoms with E-state index in [9.17, 15) is 35.1 Å². The molecule has 6 rings (SSSR count). The fourth-order valence-electron chi connectivity index (χ4n) is 6.83. The Hall–Kier alpha value is -2.48. The van der Waals surface area contributed by atoms with E-state index in [0.29, 0.717) is 24.0 Å². The fraction of sp³-hybridized carbons (Fsp3) is 0.680. The summed E-state index contributed by atoms with van der Waals surface area (Å²) in [6.45, 7) is 1.14. The monoisotopic (exact) mass is 522 g/mol. The van der Waals surface area contributed by atoms with Gasteiger partial charge < -0.3 is 48.9 Å². The van der Waals surface area contributed by atoms with Crippen LogP contribution in [-0.4, -0.2) is 86.5 Å². The van der Waals surface area contributed by atoms with Crippen molar-refractivity contribution >= 4 is 11.9 Å². The van der Waals surface area contributed by atoms with Crippen LogP contribution in [0.25, 0.3) is 0 Å². The molecule has 3 aliphatic heterocycles. The Balaban J connectivity index is 1.42. The molecule has 11 atom stereocenters. The molecular formula is C25H30O12. The van der Waals surface area contributed by atoms with E-state index in [1.165, 1.54) is 12.5 Å². The molecule has 0 aromatic carbocycles. The number of aliphatic hydroxyl groups is 5. The number of rotatable bonds is 4. The van der Waals surface area contributed by atoms with Crippen molar-refractivity contribution in [2.24, 2.45) is 17.3 Å². The van der Waals surface area contributed by atoms with E-state index < -0.39 is 78.2 Å². The molecule has 202 valence electrons. The highest BCUT2D eigenvalue weighted by Gasteiger charge is 2.68. The van der Waals surface area contributed by atoms with Crippen molar-refractivity contribution in [3.05, 3.63) is 35.5 Å². The maximum atomic E-state index is 13.4. The molecule has 12 nitrogen and oxygen atoms in total. The summed E-state index contributed by atoms with van der Waals surface area (Å²) in [4.78, 5) is 26.2. The van der Waals surface area contributed by atoms with Gasteiger partial charge in [0, 0.05) is 23.8 Å². The second-order valence-electron chi connectivity index (χ2n) is 10.9. The number of carbonyl (C=O) groups is 2. The second-order valence-corrected chi connectivity index (χ2v) is 10.9. The van der Waals surface area contributed by atoms with Crippen LogP contribution in [0.3, 0.4) is 0 Å². The van der Waals surface area contributed by atoms with Gasteiger partial charge in [-0.25, -0.2) is 4.79 Å². The Labute approximate surface area is 211 Å². The Bertz CT molecular complexity index is 1110. The summed E-state index contributed by atoms with van der Waals surface area (Å²) < 4.78 is 27.9. The zero-order valence-electron chi connectivity index (χ0n) is 20.1. The van der Waals surface area contributed by atoms with Crippen LogP contribution in [0.4, 0.5) is 0 Å². The van der Waals surface area contributed by atoms with Crippen molar-refractivity contribution in [3.63, 3.8) is 0 Å². The van der Waals surface area contributed by atoms with Gasteiger partial charge in [0.1, 0.15) is 42.4 Å². The van der Waals surface area contributed by atoms with E-state index >= 15 is 0 Å². The first-order valence-electron chi connectivity index (χ1n) is 12.4. The maximum absolute atomic E-state index is 13.4. The lowest BCUT2D eigenvalue weighted by atomic mass is 9.50. The number of fused-ring (bicyclic) bond motifs is 6. The largest absolute Gasteiger partial charge is 0.472 e. The van der Waals surface area contributed by atoms with Crippen LogP contribution < -0.4 is 0 Å². The molecule has 0 amide bonds. The topological polar surface area (TPSA) is 185 Å². The number of cyclic esters (lactones) is 1. The molecule has 5 aliphatic rings. The van der Waals surface area contributed by atoms with Crippen LogP contribution in [0, 0.1) is 17.3 Å². The number of furan rings is 1. The first-order valence-corrected chi connectivity index (χ1v) is 12.4. The quantitative estimate of drug-likeness (QED) is 0.318. The molecule has 12 heteroatoms. The van der Waals surface area contributed by atoms with Crippen molar-refractivity contribution in [1.29, 1.82) is 0 Å². The zero-order chi connectivity index (χ0) is 26.3. The highest BCUT2D eigenvalue weighted by atomic mass is 16.7. The first-order chi connectivity index (χ1) is 17.6. The van der Waals surface area contributed by atoms with E-state index in [0.717, 1.165) is 0 Å². The highest BCUT2D eigenvalue weighted by molar-refractivity contribution is 5.84. The summed E-state index contributed by atoms with van der Waals surface area (Å²) in [5, 5.41) is 52.4. The summed E-state index contributed by atoms with van der Waals surface area (Å²) in [5.74, 6) is -2.41. The average molecular weight is 523 g/mol. The fourth-order valence-corrected chi connectivity index (χ4v) is 6.83. The van der Waals surface area contributed by atoms with E-state index in [1.54, 1.807) is 13.0 Å². The highest BCUT2D eigenvalue weighted by Crippen LogP contribution is 2.63. The zero-order valence-corrected chi connectivity index (χ0v) is 20.1. The lowest BCUT2D eigenvalue weighted by Crippen LogP contribution is -2.65. The minimum absolute atomic E-state index is 0.0651. The van der Waals surface area contributed by atoms with Gasteiger partial charge in [-0.3, -0.25) is 4.79 Å². The summed E-state index contributed by atoms with van der Waals surface area (Å²) in [7, 11) is 0. The molecule has 0 radical (unpaired) electrons. The van der Waals surface area contributed by atoms with Crippen molar-refractivity contribution in [1.82, 2.24) is 0 Å². The molecule has 3 saturated heterocycles. The SMILES string of the molecule is C[C@@]12C[C@@H](c3ccoc3)OC(=O)[C@]1(O)CC(O[C@@H]1O[C@H](CO)[C@@H](O)[C@H](O)[C@H]1O)=C1[C@H]3C[C@@H](C[C@H]12)OC3=O. The van der Waals surface area contributed by atoms with E-state index in [1.807, 2.05) is 0 Å². The molecule has 4 fully saturated rings. The van der Waals surface area contributed by atoms with Gasteiger partial charge >= 0.3 is 11.9 Å². The van der Waals surface area contributed by atoms with Gasteiger partial charge in [0.15, 0.2) is 5.60 Å². The predicted molar refractivity (Wildman–Crippen MR) is 118 cm³/mol. The molecule has 1 aromatic rings. The minimum Gasteiger partial charge on any atom is -0.472 e. The minimum atomic E-state index is -2.04. The number of hydrogen-bond donors (Lipinski definition) is 5. The number of esters is 2. The van der Waals surface area contributed by atoms with Crippen molar-refractivity contribution < 1.29 is 58.5 Å². The standard InChI is InChI=1S/C25H30O12/c1-24-6-14(10-2-3-33-9-10)37-23(31)25(24,32)7-15(17-12-4-11(5-13(17)24)34-21(12)30)35-22-20(29)19(28)18(27)16(8-26)36-22/h2-3,9,11-14,16,18-20,22,26-29,32H,4-8H2,1H3/t11-,12+,13+,14-,16+,18+,19-,20+,22+,24-,25+/m0/s1. The number of carbonyl (C=O) groups excluding carboxylic acids is 2. The second kappa shape index (κ2) is 8.52. The smallest absolute Gasteiger partial charge is 0.339 e. The normalized spacial score (nSPS) is 47.1. The summed E-state index contributed by atoms with van der Waals surface area (Å²) in [5.41, 5.74) is -1.89. The van der Waals surface area contributed by atoms with Crippen molar-refractivity contribution in [2.45, 2.75) is 81.1 Å². The molecule has 4 heterocycles. The summed E-state index contributed by atoms with van der Waals surface area (Å²) >= 11 is 0. The number of aliphatic hydroxyl groups excluding tert-OH is 4. The molecule has 37 heavy (non-hydrogen) atoms. The van der Waals surface area contributed by atoms with Gasteiger partial charge in [0.2, 0.25) is 6.29 Å². The summed E-state index contributed by atoms with van der Waals surface area (Å²) in [6, 6.07) is 1.69. The lowest BCUT2D eigenvalue weighted by Gasteiger charge is -2.57. The number of hydrogen-bond acceptors (Lipinski definition) is 12. The third-order valence-electron chi connectivity index (χ3n) is 8.99. The van der Waals surface area contributed by atoms with Gasteiger partial charge in [-0.1, -0.05) is 6.92 Å². The lowest BCUT2D eigenvalue weighted by molar-refractivity contribution is -0.296. The van der Waals surface area contributed by atoms with E-state index in [4.69, 9.17) is 23.4 Å². The molecule has 0 spiro atoms. The third-order valence-corrected chi connectivity index (χ3v) is 8.99. The Morgan fingerprint density at radius 2 is 1.89 bits per heavy atom. The third kappa shape index (κ3) is 3.50. The van der Waals surface area contributed by atoms with Gasteiger partial charge in [-0.2, -0.15) is 0 Å². The predicted octanol–water partition coefficient (Wildman–Crippen LogP) is -0.569. The van der Waals surface area contributed by atoms with Gasteiger partial charge in [-0.15, -0.1) is 0 Å². The van der Waals surface area contributed by atoms with Crippen LogP contribution in [0.5, 0.6) is 0 Å². The average Bonchev–Trinajstić information content (AvgIpc) is 3.50. The maximum Gasteiger partial charge on any atom is 0.339 e. The van der Waals surface area contributed by atoms with Crippen LogP contribution in [-0.2, 0) is 28.5 Å². The van der Waals surface area contributed by atoms with Crippen LogP contribution >= 0.6 is 0 Å². The first kappa shape index (κ1) is 24.8. The Morgan fingerprint density at radius 3 is 2.59 bits per heavy atom. The van der Waals surface area contributed by atoms with E-state index in [2.05, 4.69) is 0 Å². The number of ether oxygens (including phenoxy) is 4. The molecular weight excluding hydrogens is 492 g/mol. The Kier molecular flexibility index (Phi) is 5.72. The molecule has 2 bridgehead atoms. The van der Waals surface area contributed by atoms with Crippen LogP contribution in [0.2, 0.25) is 0 Å². The van der Waals surface area contributed by atoms with Crippen molar-refractivity contribution in [3.8, 4) is 0 Å². The molecule has 5 N–H and O–H groups in total. The Morgan fingerprint density at radius 1 is 1.11 bits per heavy atom. The van der Waals surface area contributed by atoms with Crippen LogP contribution in [0.1, 0.15) is 44.3 Å². The molecule has 1 saturated carbocycles.